The number of carbonyl (C=O) groups is 3. The lowest BCUT2D eigenvalue weighted by molar-refractivity contribution is -0.116. The van der Waals surface area contributed by atoms with E-state index in [9.17, 15) is 18.8 Å². The third-order valence-corrected chi connectivity index (χ3v) is 11.4. The number of halogens is 2. The Morgan fingerprint density at radius 1 is 0.621 bits per heavy atom. The van der Waals surface area contributed by atoms with Crippen molar-refractivity contribution in [2.75, 3.05) is 25.1 Å². The number of anilines is 2. The first-order valence-electron chi connectivity index (χ1n) is 22.1. The first-order chi connectivity index (χ1) is 32.3. The highest BCUT2D eigenvalue weighted by Crippen LogP contribution is 2.34. The largest absolute Gasteiger partial charge is 0.491 e. The first kappa shape index (κ1) is 45.4. The van der Waals surface area contributed by atoms with Gasteiger partial charge in [-0.25, -0.2) is 14.4 Å². The number of fused-ring (bicyclic) bond motifs is 2. The van der Waals surface area contributed by atoms with Crippen LogP contribution in [0.5, 0.6) is 23.0 Å². The number of aromatic nitrogens is 2. The highest BCUT2D eigenvalue weighted by atomic mass is 35.5. The van der Waals surface area contributed by atoms with Crippen LogP contribution in [0.2, 0.25) is 5.02 Å². The van der Waals surface area contributed by atoms with Gasteiger partial charge in [0.1, 0.15) is 54.2 Å². The molecule has 0 bridgehead atoms. The predicted octanol–water partition coefficient (Wildman–Crippen LogP) is 12.0. The molecule has 0 saturated heterocycles. The van der Waals surface area contributed by atoms with Crippen LogP contribution in [-0.2, 0) is 22.6 Å². The van der Waals surface area contributed by atoms with E-state index in [1.807, 2.05) is 60.7 Å². The van der Waals surface area contributed by atoms with Crippen molar-refractivity contribution >= 4 is 51.6 Å². The van der Waals surface area contributed by atoms with E-state index in [4.69, 9.17) is 30.5 Å². The van der Waals surface area contributed by atoms with Crippen molar-refractivity contribution in [1.29, 1.82) is 0 Å². The average Bonchev–Trinajstić information content (AvgIpc) is 3.32. The Morgan fingerprint density at radius 3 is 2.23 bits per heavy atom. The topological polar surface area (TPSA) is 138 Å². The molecule has 66 heavy (non-hydrogen) atoms. The van der Waals surface area contributed by atoms with Crippen LogP contribution in [0.1, 0.15) is 76.8 Å². The van der Waals surface area contributed by atoms with Gasteiger partial charge in [0.25, 0.3) is 17.6 Å². The number of nitrogens with one attached hydrogen (secondary N) is 2. The van der Waals surface area contributed by atoms with Gasteiger partial charge in [-0.1, -0.05) is 92.2 Å². The first-order valence-corrected chi connectivity index (χ1v) is 22.4. The van der Waals surface area contributed by atoms with Crippen molar-refractivity contribution in [2.24, 2.45) is 0 Å². The summed E-state index contributed by atoms with van der Waals surface area (Å²) in [6.07, 6.45) is 10.3. The molecule has 0 fully saturated rings. The van der Waals surface area contributed by atoms with Gasteiger partial charge in [-0.05, 0) is 120 Å². The highest BCUT2D eigenvalue weighted by molar-refractivity contribution is 6.49. The van der Waals surface area contributed by atoms with E-state index in [1.54, 1.807) is 36.4 Å². The zero-order valence-electron chi connectivity index (χ0n) is 36.2. The van der Waals surface area contributed by atoms with Crippen LogP contribution in [-0.4, -0.2) is 47.4 Å². The summed E-state index contributed by atoms with van der Waals surface area (Å²) < 4.78 is 37.2. The average molecular weight is 907 g/mol. The Bertz CT molecular complexity index is 2840. The third kappa shape index (κ3) is 11.9. The van der Waals surface area contributed by atoms with Crippen molar-refractivity contribution in [1.82, 2.24) is 15.3 Å². The number of nitrogens with zero attached hydrogens (tertiary/aromatic N) is 2. The van der Waals surface area contributed by atoms with Crippen LogP contribution in [0.15, 0.2) is 134 Å². The lowest BCUT2D eigenvalue weighted by Gasteiger charge is -2.17. The highest BCUT2D eigenvalue weighted by Gasteiger charge is 2.33. The quantitative estimate of drug-likeness (QED) is 0.0384. The van der Waals surface area contributed by atoms with Gasteiger partial charge in [0.2, 0.25) is 0 Å². The van der Waals surface area contributed by atoms with Crippen molar-refractivity contribution in [3.05, 3.63) is 167 Å². The molecule has 0 aliphatic carbocycles. The van der Waals surface area contributed by atoms with E-state index in [-0.39, 0.29) is 29.3 Å². The summed E-state index contributed by atoms with van der Waals surface area (Å²) in [5, 5.41) is 6.71. The molecule has 2 amide bonds. The fourth-order valence-electron chi connectivity index (χ4n) is 7.71. The Balaban J connectivity index is 0.698. The Morgan fingerprint density at radius 2 is 1.39 bits per heavy atom. The summed E-state index contributed by atoms with van der Waals surface area (Å²) in [5.74, 6) is 0.0790. The Hall–Kier alpha value is -7.15. The SMILES string of the molecule is O=C1NC(=O)c2c(Oc3cccc(CCCCCCCCCOCCOc4ccc(-c5ccc6ncnc(Nc7ccc(OCc8cccc(F)c8)c(Cl)c7)c6c5)cc4)c3)cccc2C1=O. The molecular formula is C53H48ClFN4O7. The van der Waals surface area contributed by atoms with Crippen LogP contribution in [0.3, 0.4) is 0 Å². The van der Waals surface area contributed by atoms with Gasteiger partial charge in [-0.15, -0.1) is 0 Å². The molecule has 1 aliphatic heterocycles. The lowest BCUT2D eigenvalue weighted by atomic mass is 9.98. The number of amides is 2. The van der Waals surface area contributed by atoms with Crippen LogP contribution in [0.25, 0.3) is 22.0 Å². The zero-order valence-corrected chi connectivity index (χ0v) is 37.0. The fourth-order valence-corrected chi connectivity index (χ4v) is 7.95. The van der Waals surface area contributed by atoms with Crippen LogP contribution >= 0.6 is 11.6 Å². The number of hydrogen-bond acceptors (Lipinski definition) is 10. The van der Waals surface area contributed by atoms with Gasteiger partial charge in [0.05, 0.1) is 22.7 Å². The van der Waals surface area contributed by atoms with Gasteiger partial charge < -0.3 is 24.3 Å². The van der Waals surface area contributed by atoms with E-state index in [0.29, 0.717) is 47.7 Å². The van der Waals surface area contributed by atoms with Gasteiger partial charge in [0.15, 0.2) is 0 Å². The molecule has 2 heterocycles. The number of unbranched alkanes of at least 4 members (excludes halogenated alkanes) is 6. The molecular weight excluding hydrogens is 859 g/mol. The summed E-state index contributed by atoms with van der Waals surface area (Å²) in [5.41, 5.74) is 5.53. The molecule has 1 aromatic heterocycles. The number of aryl methyl sites for hydroxylation is 1. The van der Waals surface area contributed by atoms with E-state index < -0.39 is 17.6 Å². The molecule has 0 radical (unpaired) electrons. The molecule has 8 rings (SSSR count). The lowest BCUT2D eigenvalue weighted by Crippen LogP contribution is -2.42. The van der Waals surface area contributed by atoms with Gasteiger partial charge in [-0.3, -0.25) is 19.7 Å². The third-order valence-electron chi connectivity index (χ3n) is 11.1. The molecule has 1 aliphatic rings. The number of hydrogen-bond donors (Lipinski definition) is 2. The van der Waals surface area contributed by atoms with Crippen molar-refractivity contribution in [2.45, 2.75) is 58.0 Å². The molecule has 0 atom stereocenters. The molecule has 0 saturated carbocycles. The van der Waals surface area contributed by atoms with Crippen LogP contribution < -0.4 is 24.8 Å². The minimum absolute atomic E-state index is 0.0527. The second kappa shape index (κ2) is 22.2. The number of ketones is 1. The summed E-state index contributed by atoms with van der Waals surface area (Å²) in [4.78, 5) is 45.4. The Labute approximate surface area is 387 Å². The van der Waals surface area contributed by atoms with Crippen molar-refractivity contribution in [3.8, 4) is 34.1 Å². The molecule has 0 spiro atoms. The van der Waals surface area contributed by atoms with E-state index >= 15 is 0 Å². The number of rotatable bonds is 22. The minimum atomic E-state index is -0.929. The number of benzene rings is 6. The summed E-state index contributed by atoms with van der Waals surface area (Å²) in [7, 11) is 0. The maximum atomic E-state index is 13.6. The fraction of sp³-hybridized carbons (Fsp3) is 0.226. The molecule has 7 aromatic rings. The van der Waals surface area contributed by atoms with Crippen molar-refractivity contribution in [3.63, 3.8) is 0 Å². The van der Waals surface area contributed by atoms with E-state index in [1.165, 1.54) is 43.8 Å². The number of Topliss-reactive ketones (excluding diaryl/α,β-unsaturated/α-hetero) is 1. The maximum Gasteiger partial charge on any atom is 0.299 e. The van der Waals surface area contributed by atoms with E-state index in [2.05, 4.69) is 32.7 Å². The molecule has 2 N–H and O–H groups in total. The number of ether oxygens (including phenoxy) is 4. The molecule has 0 unspecified atom stereocenters. The van der Waals surface area contributed by atoms with Gasteiger partial charge >= 0.3 is 0 Å². The Kier molecular flexibility index (Phi) is 15.3. The molecule has 11 nitrogen and oxygen atoms in total. The smallest absolute Gasteiger partial charge is 0.299 e. The zero-order chi connectivity index (χ0) is 45.7. The summed E-state index contributed by atoms with van der Waals surface area (Å²) in [6.45, 7) is 1.89. The summed E-state index contributed by atoms with van der Waals surface area (Å²) in [6, 6.07) is 38.1. The van der Waals surface area contributed by atoms with E-state index in [0.717, 1.165) is 71.1 Å². The van der Waals surface area contributed by atoms with Gasteiger partial charge in [-0.2, -0.15) is 0 Å². The monoisotopic (exact) mass is 906 g/mol. The standard InChI is InChI=1S/C53H48ClFN4O7/c54-45-32-40(21-25-47(45)65-33-36-13-8-14-39(55)29-36)58-51-44-31-38(20-24-46(44)56-34-57-51)37-18-22-41(23-19-37)64-28-27-63-26-7-5-3-1-2-4-6-11-35-12-9-15-42(30-35)66-48-17-10-16-43-49(48)52(61)59-53(62)50(43)60/h8-10,12-25,29-32,34H,1-7,11,26-28,33H2,(H,56,57,58)(H,59,61,62). The number of imide groups is 1. The summed E-state index contributed by atoms with van der Waals surface area (Å²) >= 11 is 6.56. The number of carbonyl (C=O) groups excluding carboxylic acids is 3. The van der Waals surface area contributed by atoms with Gasteiger partial charge in [0, 0.05) is 23.2 Å². The van der Waals surface area contributed by atoms with Crippen molar-refractivity contribution < 1.29 is 37.7 Å². The second-order valence-corrected chi connectivity index (χ2v) is 16.3. The minimum Gasteiger partial charge on any atom is -0.491 e. The molecule has 6 aromatic carbocycles. The predicted molar refractivity (Wildman–Crippen MR) is 253 cm³/mol. The molecule has 13 heteroatoms. The normalized spacial score (nSPS) is 12.2. The van der Waals surface area contributed by atoms with Crippen LogP contribution in [0, 0.1) is 5.82 Å². The second-order valence-electron chi connectivity index (χ2n) is 15.9. The molecule has 336 valence electrons. The maximum absolute atomic E-state index is 13.6. The van der Waals surface area contributed by atoms with Crippen LogP contribution in [0.4, 0.5) is 15.9 Å².